The van der Waals surface area contributed by atoms with Gasteiger partial charge in [-0.3, -0.25) is 0 Å². The summed E-state index contributed by atoms with van der Waals surface area (Å²) in [6.45, 7) is 5.47. The topological polar surface area (TPSA) is 24.1 Å². The van der Waals surface area contributed by atoms with Crippen molar-refractivity contribution in [2.24, 2.45) is 0 Å². The van der Waals surface area contributed by atoms with Gasteiger partial charge in [0.15, 0.2) is 0 Å². The van der Waals surface area contributed by atoms with E-state index in [1.807, 2.05) is 0 Å². The number of hydrogen-bond acceptors (Lipinski definition) is 2. The van der Waals surface area contributed by atoms with Crippen LogP contribution in [0.15, 0.2) is 18.2 Å². The third-order valence-electron chi connectivity index (χ3n) is 2.57. The minimum Gasteiger partial charge on any atom is -0.317 e. The molecule has 0 atom stereocenters. The van der Waals surface area contributed by atoms with E-state index in [0.29, 0.717) is 13.0 Å². The predicted molar refractivity (Wildman–Crippen MR) is 66.1 cm³/mol. The second-order valence-electron chi connectivity index (χ2n) is 3.91. The molecular weight excluding hydrogens is 222 g/mol. The Morgan fingerprint density at radius 2 is 1.65 bits per heavy atom. The first-order valence-electron chi connectivity index (χ1n) is 6.10. The molecule has 0 bridgehead atoms. The normalized spacial score (nSPS) is 10.8. The lowest BCUT2D eigenvalue weighted by Crippen LogP contribution is -2.23. The van der Waals surface area contributed by atoms with E-state index < -0.39 is 11.6 Å². The highest BCUT2D eigenvalue weighted by molar-refractivity contribution is 5.19. The number of nitrogens with one attached hydrogen (secondary N) is 2. The molecule has 0 spiro atoms. The van der Waals surface area contributed by atoms with Gasteiger partial charge >= 0.3 is 0 Å². The third-order valence-corrected chi connectivity index (χ3v) is 2.57. The van der Waals surface area contributed by atoms with E-state index in [-0.39, 0.29) is 5.56 Å². The van der Waals surface area contributed by atoms with Crippen LogP contribution in [-0.2, 0) is 6.42 Å². The van der Waals surface area contributed by atoms with Crippen molar-refractivity contribution in [1.29, 1.82) is 0 Å². The minimum absolute atomic E-state index is 0.173. The molecular formula is C13H20F2N2. The molecule has 1 aromatic carbocycles. The maximum Gasteiger partial charge on any atom is 0.129 e. The lowest BCUT2D eigenvalue weighted by Gasteiger charge is -2.07. The highest BCUT2D eigenvalue weighted by atomic mass is 19.1. The lowest BCUT2D eigenvalue weighted by atomic mass is 10.1. The van der Waals surface area contributed by atoms with Crippen LogP contribution in [0, 0.1) is 11.6 Å². The van der Waals surface area contributed by atoms with Crippen LogP contribution in [-0.4, -0.2) is 26.2 Å². The monoisotopic (exact) mass is 242 g/mol. The Balaban J connectivity index is 2.18. The van der Waals surface area contributed by atoms with Crippen LogP contribution in [0.25, 0.3) is 0 Å². The van der Waals surface area contributed by atoms with E-state index in [1.54, 1.807) is 0 Å². The molecule has 0 saturated carbocycles. The zero-order chi connectivity index (χ0) is 12.5. The Labute approximate surface area is 101 Å². The van der Waals surface area contributed by atoms with Crippen molar-refractivity contribution in [3.05, 3.63) is 35.4 Å². The molecule has 0 radical (unpaired) electrons. The van der Waals surface area contributed by atoms with E-state index in [9.17, 15) is 8.78 Å². The smallest absolute Gasteiger partial charge is 0.129 e. The van der Waals surface area contributed by atoms with Gasteiger partial charge < -0.3 is 10.6 Å². The minimum atomic E-state index is -0.459. The molecule has 1 rings (SSSR count). The lowest BCUT2D eigenvalue weighted by molar-refractivity contribution is 0.542. The SMILES string of the molecule is CCNCCCNCCc1c(F)cccc1F. The van der Waals surface area contributed by atoms with Gasteiger partial charge in [-0.25, -0.2) is 8.78 Å². The maximum atomic E-state index is 13.2. The van der Waals surface area contributed by atoms with Gasteiger partial charge in [0.25, 0.3) is 0 Å². The van der Waals surface area contributed by atoms with Crippen molar-refractivity contribution in [1.82, 2.24) is 10.6 Å². The van der Waals surface area contributed by atoms with Gasteiger partial charge in [-0.1, -0.05) is 13.0 Å². The number of benzene rings is 1. The fourth-order valence-electron chi connectivity index (χ4n) is 1.62. The van der Waals surface area contributed by atoms with Crippen molar-refractivity contribution in [2.45, 2.75) is 19.8 Å². The Hall–Kier alpha value is -1.00. The summed E-state index contributed by atoms with van der Waals surface area (Å²) in [6.07, 6.45) is 1.41. The number of rotatable bonds is 8. The largest absolute Gasteiger partial charge is 0.317 e. The highest BCUT2D eigenvalue weighted by Crippen LogP contribution is 2.11. The van der Waals surface area contributed by atoms with E-state index in [1.165, 1.54) is 18.2 Å². The predicted octanol–water partition coefficient (Wildman–Crippen LogP) is 2.10. The van der Waals surface area contributed by atoms with Gasteiger partial charge in [-0.2, -0.15) is 0 Å². The molecule has 0 unspecified atom stereocenters. The summed E-state index contributed by atoms with van der Waals surface area (Å²) in [7, 11) is 0. The summed E-state index contributed by atoms with van der Waals surface area (Å²) >= 11 is 0. The molecule has 0 aliphatic carbocycles. The van der Waals surface area contributed by atoms with E-state index in [0.717, 1.165) is 26.1 Å². The molecule has 2 nitrogen and oxygen atoms in total. The van der Waals surface area contributed by atoms with Crippen LogP contribution >= 0.6 is 0 Å². The Kier molecular flexibility index (Phi) is 6.74. The molecule has 0 heterocycles. The molecule has 0 saturated heterocycles. The van der Waals surface area contributed by atoms with E-state index in [2.05, 4.69) is 17.6 Å². The molecule has 0 amide bonds. The first kappa shape index (κ1) is 14.1. The third kappa shape index (κ3) is 5.24. The first-order chi connectivity index (χ1) is 8.25. The second kappa shape index (κ2) is 8.14. The van der Waals surface area contributed by atoms with Gasteiger partial charge in [-0.15, -0.1) is 0 Å². The van der Waals surface area contributed by atoms with Crippen LogP contribution in [0.5, 0.6) is 0 Å². The van der Waals surface area contributed by atoms with Crippen molar-refractivity contribution in [3.8, 4) is 0 Å². The van der Waals surface area contributed by atoms with Crippen LogP contribution in [0.1, 0.15) is 18.9 Å². The molecule has 96 valence electrons. The summed E-state index contributed by atoms with van der Waals surface area (Å²) in [4.78, 5) is 0. The number of hydrogen-bond donors (Lipinski definition) is 2. The van der Waals surface area contributed by atoms with Crippen LogP contribution in [0.2, 0.25) is 0 Å². The Morgan fingerprint density at radius 1 is 1.00 bits per heavy atom. The van der Waals surface area contributed by atoms with Crippen molar-refractivity contribution in [2.75, 3.05) is 26.2 Å². The molecule has 0 aliphatic rings. The van der Waals surface area contributed by atoms with Gasteiger partial charge in [0, 0.05) is 5.56 Å². The number of halogens is 2. The molecule has 0 aliphatic heterocycles. The standard InChI is InChI=1S/C13H20F2N2/c1-2-16-8-4-9-17-10-7-11-12(14)5-3-6-13(11)15/h3,5-6,16-17H,2,4,7-10H2,1H3. The Bertz CT molecular complexity index is 309. The van der Waals surface area contributed by atoms with Crippen LogP contribution in [0.3, 0.4) is 0 Å². The summed E-state index contributed by atoms with van der Waals surface area (Å²) in [5.74, 6) is -0.918. The fraction of sp³-hybridized carbons (Fsp3) is 0.538. The van der Waals surface area contributed by atoms with Crippen LogP contribution < -0.4 is 10.6 Å². The fourth-order valence-corrected chi connectivity index (χ4v) is 1.62. The van der Waals surface area contributed by atoms with Crippen molar-refractivity contribution < 1.29 is 8.78 Å². The zero-order valence-corrected chi connectivity index (χ0v) is 10.2. The van der Waals surface area contributed by atoms with E-state index >= 15 is 0 Å². The average molecular weight is 242 g/mol. The highest BCUT2D eigenvalue weighted by Gasteiger charge is 2.06. The molecule has 2 N–H and O–H groups in total. The van der Waals surface area contributed by atoms with Gasteiger partial charge in [0.1, 0.15) is 11.6 Å². The van der Waals surface area contributed by atoms with Gasteiger partial charge in [0.05, 0.1) is 0 Å². The second-order valence-corrected chi connectivity index (χ2v) is 3.91. The van der Waals surface area contributed by atoms with Gasteiger partial charge in [-0.05, 0) is 51.2 Å². The quantitative estimate of drug-likeness (QED) is 0.682. The van der Waals surface area contributed by atoms with E-state index in [4.69, 9.17) is 0 Å². The zero-order valence-electron chi connectivity index (χ0n) is 10.2. The Morgan fingerprint density at radius 3 is 2.29 bits per heavy atom. The van der Waals surface area contributed by atoms with Gasteiger partial charge in [0.2, 0.25) is 0 Å². The van der Waals surface area contributed by atoms with Crippen LogP contribution in [0.4, 0.5) is 8.78 Å². The summed E-state index contributed by atoms with van der Waals surface area (Å²) < 4.78 is 26.5. The summed E-state index contributed by atoms with van der Waals surface area (Å²) in [5.41, 5.74) is 0.173. The molecule has 0 aromatic heterocycles. The van der Waals surface area contributed by atoms with Crippen molar-refractivity contribution >= 4 is 0 Å². The molecule has 1 aromatic rings. The van der Waals surface area contributed by atoms with Crippen molar-refractivity contribution in [3.63, 3.8) is 0 Å². The molecule has 0 fully saturated rings. The molecule has 17 heavy (non-hydrogen) atoms. The first-order valence-corrected chi connectivity index (χ1v) is 6.10. The summed E-state index contributed by atoms with van der Waals surface area (Å²) in [5, 5.41) is 6.39. The summed E-state index contributed by atoms with van der Waals surface area (Å²) in [6, 6.07) is 3.98. The maximum absolute atomic E-state index is 13.2. The average Bonchev–Trinajstić information content (AvgIpc) is 2.31. The molecule has 4 heteroatoms.